The Hall–Kier alpha value is -3.62. The number of rotatable bonds is 3. The highest BCUT2D eigenvalue weighted by atomic mass is 16.6. The first kappa shape index (κ1) is 29.9. The molecule has 3 aliphatic heterocycles. The van der Waals surface area contributed by atoms with Crippen molar-refractivity contribution in [1.82, 2.24) is 4.90 Å². The summed E-state index contributed by atoms with van der Waals surface area (Å²) < 4.78 is 17.7. The van der Waals surface area contributed by atoms with Gasteiger partial charge in [0.1, 0.15) is 17.6 Å². The molecule has 42 heavy (non-hydrogen) atoms. The molecule has 0 saturated carbocycles. The van der Waals surface area contributed by atoms with Crippen molar-refractivity contribution in [3.8, 4) is 16.9 Å². The second-order valence-electron chi connectivity index (χ2n) is 11.9. The van der Waals surface area contributed by atoms with Gasteiger partial charge < -0.3 is 24.2 Å². The van der Waals surface area contributed by atoms with Gasteiger partial charge in [0.2, 0.25) is 5.91 Å². The van der Waals surface area contributed by atoms with Crippen LogP contribution in [0.5, 0.6) is 5.75 Å². The summed E-state index contributed by atoms with van der Waals surface area (Å²) in [7, 11) is 3.47. The average Bonchev–Trinajstić information content (AvgIpc) is 3.61. The number of carbonyl (C=O) groups is 2. The molecule has 8 nitrogen and oxygen atoms in total. The van der Waals surface area contributed by atoms with Crippen LogP contribution in [0.15, 0.2) is 66.3 Å². The van der Waals surface area contributed by atoms with Crippen molar-refractivity contribution < 1.29 is 28.9 Å². The van der Waals surface area contributed by atoms with Crippen LogP contribution < -0.4 is 9.64 Å². The van der Waals surface area contributed by atoms with Gasteiger partial charge in [-0.05, 0) is 56.9 Å². The number of carbonyl (C=O) groups excluding carboxylic acids is 2. The molecule has 8 heteroatoms. The van der Waals surface area contributed by atoms with Crippen molar-refractivity contribution in [3.05, 3.63) is 71.8 Å². The van der Waals surface area contributed by atoms with Crippen molar-refractivity contribution in [3.63, 3.8) is 0 Å². The van der Waals surface area contributed by atoms with Crippen molar-refractivity contribution in [2.75, 3.05) is 25.6 Å². The molecule has 2 aromatic rings. The Kier molecular flexibility index (Phi) is 8.49. The van der Waals surface area contributed by atoms with Crippen LogP contribution >= 0.6 is 0 Å². The fourth-order valence-electron chi connectivity index (χ4n) is 6.29. The minimum Gasteiger partial charge on any atom is -0.496 e. The zero-order chi connectivity index (χ0) is 30.1. The van der Waals surface area contributed by atoms with E-state index in [0.717, 1.165) is 28.0 Å². The number of epoxide rings is 1. The predicted molar refractivity (Wildman–Crippen MR) is 162 cm³/mol. The van der Waals surface area contributed by atoms with Crippen LogP contribution in [-0.2, 0) is 20.7 Å². The maximum Gasteiger partial charge on any atom is 0.412 e. The number of allylic oxidation sites excluding steroid dienone is 3. The summed E-state index contributed by atoms with van der Waals surface area (Å²) in [6, 6.07) is 14.1. The van der Waals surface area contributed by atoms with Gasteiger partial charge in [0.05, 0.1) is 24.5 Å². The lowest BCUT2D eigenvalue weighted by atomic mass is 9.91. The second-order valence-corrected chi connectivity index (χ2v) is 11.9. The van der Waals surface area contributed by atoms with Gasteiger partial charge in [0, 0.05) is 44.8 Å². The van der Waals surface area contributed by atoms with Crippen LogP contribution in [0.3, 0.4) is 0 Å². The number of benzene rings is 2. The van der Waals surface area contributed by atoms with E-state index < -0.39 is 23.5 Å². The van der Waals surface area contributed by atoms with E-state index in [9.17, 15) is 14.7 Å². The van der Waals surface area contributed by atoms with Crippen molar-refractivity contribution in [1.29, 1.82) is 0 Å². The van der Waals surface area contributed by atoms with Gasteiger partial charge in [-0.3, -0.25) is 9.69 Å². The lowest BCUT2D eigenvalue weighted by molar-refractivity contribution is -0.154. The average molecular weight is 575 g/mol. The topological polar surface area (TPSA) is 91.8 Å². The number of fused-ring (bicyclic) bond motifs is 5. The number of methoxy groups -OCH3 is 1. The first-order chi connectivity index (χ1) is 20.1. The Morgan fingerprint density at radius 3 is 2.64 bits per heavy atom. The molecule has 2 aromatic carbocycles. The summed E-state index contributed by atoms with van der Waals surface area (Å²) in [5, 5.41) is 11.6. The SMILES string of the molecule is CCN1C(=O)OC2CC3OC3(C)CCC(=O)N(C)c3cc(cc(OC)c3-c3ccccc3)C/C(C)=C/C=C/C[C@@]1(O)C2. The zero-order valence-electron chi connectivity index (χ0n) is 25.3. The van der Waals surface area contributed by atoms with Crippen molar-refractivity contribution in [2.45, 2.75) is 82.8 Å². The predicted octanol–water partition coefficient (Wildman–Crippen LogP) is 6.02. The molecule has 0 aromatic heterocycles. The molecule has 0 aliphatic carbocycles. The van der Waals surface area contributed by atoms with Gasteiger partial charge in [-0.25, -0.2) is 4.79 Å². The minimum atomic E-state index is -1.34. The van der Waals surface area contributed by atoms with Crippen LogP contribution in [0, 0.1) is 0 Å². The molecule has 3 heterocycles. The molecule has 1 N–H and O–H groups in total. The van der Waals surface area contributed by atoms with Crippen molar-refractivity contribution >= 4 is 17.7 Å². The molecule has 2 fully saturated rings. The summed E-state index contributed by atoms with van der Waals surface area (Å²) in [5.74, 6) is 0.686. The van der Waals surface area contributed by atoms with E-state index in [1.54, 1.807) is 12.0 Å². The molecule has 0 radical (unpaired) electrons. The highest BCUT2D eigenvalue weighted by Gasteiger charge is 2.55. The molecule has 4 atom stereocenters. The Morgan fingerprint density at radius 2 is 1.93 bits per heavy atom. The molecule has 3 unspecified atom stereocenters. The smallest absolute Gasteiger partial charge is 0.412 e. The van der Waals surface area contributed by atoms with Crippen LogP contribution in [0.2, 0.25) is 0 Å². The van der Waals surface area contributed by atoms with Gasteiger partial charge in [0.15, 0.2) is 0 Å². The summed E-state index contributed by atoms with van der Waals surface area (Å²) in [6.45, 7) is 6.23. The van der Waals surface area contributed by atoms with Gasteiger partial charge >= 0.3 is 6.09 Å². The molecule has 3 aliphatic rings. The fourth-order valence-corrected chi connectivity index (χ4v) is 6.29. The quantitative estimate of drug-likeness (QED) is 0.451. The summed E-state index contributed by atoms with van der Waals surface area (Å²) in [4.78, 5) is 29.6. The van der Waals surface area contributed by atoms with E-state index in [2.05, 4.69) is 6.07 Å². The zero-order valence-corrected chi connectivity index (χ0v) is 25.3. The Bertz CT molecular complexity index is 1390. The number of amides is 2. The molecule has 0 spiro atoms. The summed E-state index contributed by atoms with van der Waals surface area (Å²) in [5.41, 5.74) is 2.93. The van der Waals surface area contributed by atoms with Crippen LogP contribution in [0.4, 0.5) is 10.5 Å². The third-order valence-electron chi connectivity index (χ3n) is 8.81. The van der Waals surface area contributed by atoms with E-state index in [4.69, 9.17) is 14.2 Å². The van der Waals surface area contributed by atoms with Gasteiger partial charge in [0.25, 0.3) is 0 Å². The monoisotopic (exact) mass is 574 g/mol. The molecule has 4 bridgehead atoms. The highest BCUT2D eigenvalue weighted by Crippen LogP contribution is 2.46. The van der Waals surface area contributed by atoms with Gasteiger partial charge in [-0.1, -0.05) is 54.1 Å². The van der Waals surface area contributed by atoms with Crippen LogP contribution in [0.1, 0.15) is 58.4 Å². The lowest BCUT2D eigenvalue weighted by Crippen LogP contribution is -2.58. The molecule has 5 rings (SSSR count). The highest BCUT2D eigenvalue weighted by molar-refractivity contribution is 5.99. The maximum absolute atomic E-state index is 13.6. The Morgan fingerprint density at radius 1 is 1.17 bits per heavy atom. The number of anilines is 1. The van der Waals surface area contributed by atoms with E-state index >= 15 is 0 Å². The first-order valence-electron chi connectivity index (χ1n) is 14.8. The fraction of sp³-hybridized carbons (Fsp3) is 0.471. The minimum absolute atomic E-state index is 0.0213. The van der Waals surface area contributed by atoms with Gasteiger partial charge in [-0.2, -0.15) is 0 Å². The number of hydrogen-bond donors (Lipinski definition) is 1. The molecular formula is C34H42N2O6. The molecule has 224 valence electrons. The molecular weight excluding hydrogens is 532 g/mol. The standard InChI is InChI=1S/C34H42N2O6/c1-6-36-32(38)41-26-21-29-33(3,42-29)17-15-30(37)35(4)27-19-24(18-23(2)12-10-11-16-34(36,39)22-26)20-28(40-5)31(27)25-13-8-7-9-14-25/h7-14,19-20,26,29,39H,6,15-18,21-22H2,1-5H3/b11-10+,23-12+/t26?,29?,33?,34-/m1/s1. The first-order valence-corrected chi connectivity index (χ1v) is 14.8. The van der Waals surface area contributed by atoms with Crippen LogP contribution in [-0.4, -0.2) is 66.2 Å². The number of aliphatic hydroxyl groups is 1. The van der Waals surface area contributed by atoms with E-state index in [1.165, 1.54) is 4.90 Å². The number of ether oxygens (including phenoxy) is 3. The summed E-state index contributed by atoms with van der Waals surface area (Å²) in [6.07, 6.45) is 7.27. The molecule has 2 amide bonds. The second kappa shape index (κ2) is 11.9. The molecule has 2 saturated heterocycles. The third kappa shape index (κ3) is 6.10. The third-order valence-corrected chi connectivity index (χ3v) is 8.81. The van der Waals surface area contributed by atoms with Crippen molar-refractivity contribution in [2.24, 2.45) is 0 Å². The van der Waals surface area contributed by atoms with Crippen LogP contribution in [0.25, 0.3) is 11.1 Å². The maximum atomic E-state index is 13.6. The Balaban J connectivity index is 1.52. The summed E-state index contributed by atoms with van der Waals surface area (Å²) >= 11 is 0. The normalized spacial score (nSPS) is 30.6. The Labute approximate surface area is 248 Å². The lowest BCUT2D eigenvalue weighted by Gasteiger charge is -2.44. The van der Waals surface area contributed by atoms with E-state index in [1.807, 2.05) is 82.4 Å². The number of hydrogen-bond acceptors (Lipinski definition) is 6. The number of nitrogens with zero attached hydrogens (tertiary/aromatic N) is 2. The van der Waals surface area contributed by atoms with E-state index in [0.29, 0.717) is 50.8 Å². The van der Waals surface area contributed by atoms with Gasteiger partial charge in [-0.15, -0.1) is 0 Å². The largest absolute Gasteiger partial charge is 0.496 e. The van der Waals surface area contributed by atoms with E-state index in [-0.39, 0.29) is 12.0 Å².